The van der Waals surface area contributed by atoms with Crippen LogP contribution < -0.4 is 10.6 Å². The smallest absolute Gasteiger partial charge is 0.255 e. The Morgan fingerprint density at radius 1 is 0.895 bits per heavy atom. The predicted octanol–water partition coefficient (Wildman–Crippen LogP) is 5.28. The monoisotopic (exact) mass is 525 g/mol. The van der Waals surface area contributed by atoms with E-state index in [4.69, 9.17) is 4.42 Å². The van der Waals surface area contributed by atoms with Crippen molar-refractivity contribution < 1.29 is 18.8 Å². The normalized spacial score (nSPS) is 14.9. The first-order valence-corrected chi connectivity index (χ1v) is 13.4. The summed E-state index contributed by atoms with van der Waals surface area (Å²) in [5.74, 6) is 0.575. The van der Waals surface area contributed by atoms with Crippen molar-refractivity contribution in [1.29, 1.82) is 0 Å². The van der Waals surface area contributed by atoms with E-state index in [1.54, 1.807) is 66.6 Å². The molecule has 7 nitrogen and oxygen atoms in total. The number of para-hydroxylation sites is 1. The molecule has 192 valence electrons. The molecule has 3 aromatic carbocycles. The quantitative estimate of drug-likeness (QED) is 0.310. The molecule has 1 aromatic heterocycles. The Hall–Kier alpha value is -4.30. The summed E-state index contributed by atoms with van der Waals surface area (Å²) in [5, 5.41) is 5.57. The molecule has 0 radical (unpaired) electrons. The average Bonchev–Trinajstić information content (AvgIpc) is 3.61. The van der Waals surface area contributed by atoms with Gasteiger partial charge in [0, 0.05) is 12.1 Å². The molecule has 0 aliphatic carbocycles. The average molecular weight is 526 g/mol. The molecule has 1 fully saturated rings. The summed E-state index contributed by atoms with van der Waals surface area (Å²) in [7, 11) is 0. The number of thioether (sulfide) groups is 1. The molecule has 0 bridgehead atoms. The molecule has 2 heterocycles. The van der Waals surface area contributed by atoms with Crippen LogP contribution in [-0.4, -0.2) is 34.9 Å². The van der Waals surface area contributed by atoms with Gasteiger partial charge in [-0.15, -0.1) is 11.8 Å². The van der Waals surface area contributed by atoms with Crippen molar-refractivity contribution >= 4 is 35.2 Å². The van der Waals surface area contributed by atoms with Crippen LogP contribution in [0.3, 0.4) is 0 Å². The highest BCUT2D eigenvalue weighted by atomic mass is 32.2. The van der Waals surface area contributed by atoms with Gasteiger partial charge in [-0.25, -0.2) is 0 Å². The number of nitrogens with zero attached hydrogens (tertiary/aromatic N) is 1. The fraction of sp³-hybridized carbons (Fsp3) is 0.167. The summed E-state index contributed by atoms with van der Waals surface area (Å²) in [6.07, 6.45) is 2.34. The Morgan fingerprint density at radius 2 is 1.66 bits per heavy atom. The third-order valence-corrected chi connectivity index (χ3v) is 7.59. The zero-order valence-corrected chi connectivity index (χ0v) is 21.4. The van der Waals surface area contributed by atoms with Gasteiger partial charge in [0.1, 0.15) is 11.1 Å². The molecule has 1 aliphatic heterocycles. The van der Waals surface area contributed by atoms with Crippen LogP contribution in [0.1, 0.15) is 43.0 Å². The van der Waals surface area contributed by atoms with Crippen molar-refractivity contribution in [2.75, 3.05) is 17.6 Å². The molecule has 4 aromatic rings. The largest absolute Gasteiger partial charge is 0.467 e. The molecule has 5 rings (SSSR count). The molecule has 0 spiro atoms. The summed E-state index contributed by atoms with van der Waals surface area (Å²) < 4.78 is 5.26. The molecular formula is C30H27N3O4S. The van der Waals surface area contributed by atoms with Crippen molar-refractivity contribution in [3.05, 3.63) is 125 Å². The standard InChI is InChI=1S/C30H27N3O4S/c34-27-20-38-30(33(27)17-16-21-7-2-1-3-8-21)23-14-12-22(13-15-23)28(35)32-26-11-5-4-10-25(26)29(36)31-19-24-9-6-18-37-24/h1-15,18,30H,16-17,19-20H2,(H,31,36)(H,32,35)/t30-/m0/s1. The van der Waals surface area contributed by atoms with E-state index in [9.17, 15) is 14.4 Å². The van der Waals surface area contributed by atoms with Crippen molar-refractivity contribution in [1.82, 2.24) is 10.2 Å². The Morgan fingerprint density at radius 3 is 2.42 bits per heavy atom. The number of rotatable bonds is 9. The minimum absolute atomic E-state index is 0.0816. The minimum Gasteiger partial charge on any atom is -0.467 e. The highest BCUT2D eigenvalue weighted by Gasteiger charge is 2.32. The van der Waals surface area contributed by atoms with Crippen molar-refractivity contribution in [2.45, 2.75) is 18.3 Å². The maximum Gasteiger partial charge on any atom is 0.255 e. The predicted molar refractivity (Wildman–Crippen MR) is 148 cm³/mol. The molecule has 2 N–H and O–H groups in total. The fourth-order valence-corrected chi connectivity index (χ4v) is 5.54. The number of anilines is 1. The first-order chi connectivity index (χ1) is 18.6. The Labute approximate surface area is 225 Å². The lowest BCUT2D eigenvalue weighted by molar-refractivity contribution is -0.128. The summed E-state index contributed by atoms with van der Waals surface area (Å²) in [5.41, 5.74) is 3.41. The maximum absolute atomic E-state index is 13.0. The minimum atomic E-state index is -0.320. The van der Waals surface area contributed by atoms with Gasteiger partial charge in [0.25, 0.3) is 11.8 Å². The Balaban J connectivity index is 1.23. The summed E-state index contributed by atoms with van der Waals surface area (Å²) in [6.45, 7) is 0.890. The van der Waals surface area contributed by atoms with E-state index < -0.39 is 0 Å². The summed E-state index contributed by atoms with van der Waals surface area (Å²) >= 11 is 1.60. The van der Waals surface area contributed by atoms with Gasteiger partial charge < -0.3 is 20.0 Å². The van der Waals surface area contributed by atoms with Crippen LogP contribution in [0.2, 0.25) is 0 Å². The van der Waals surface area contributed by atoms with Gasteiger partial charge in [-0.1, -0.05) is 54.6 Å². The van der Waals surface area contributed by atoms with Gasteiger partial charge in [-0.3, -0.25) is 14.4 Å². The van der Waals surface area contributed by atoms with Crippen LogP contribution in [0.5, 0.6) is 0 Å². The van der Waals surface area contributed by atoms with E-state index >= 15 is 0 Å². The number of carbonyl (C=O) groups excluding carboxylic acids is 3. The Kier molecular flexibility index (Phi) is 7.89. The molecule has 1 atom stereocenters. The fourth-order valence-electron chi connectivity index (χ4n) is 4.33. The molecule has 38 heavy (non-hydrogen) atoms. The first kappa shape index (κ1) is 25.4. The molecule has 8 heteroatoms. The lowest BCUT2D eigenvalue weighted by Gasteiger charge is -2.24. The number of benzene rings is 3. The van der Waals surface area contributed by atoms with Crippen LogP contribution >= 0.6 is 11.8 Å². The molecule has 1 aliphatic rings. The van der Waals surface area contributed by atoms with Crippen LogP contribution in [0, 0.1) is 0 Å². The summed E-state index contributed by atoms with van der Waals surface area (Å²) in [6, 6.07) is 27.8. The van der Waals surface area contributed by atoms with Crippen LogP contribution in [-0.2, 0) is 17.8 Å². The van der Waals surface area contributed by atoms with E-state index in [0.29, 0.717) is 34.9 Å². The molecule has 0 saturated carbocycles. The summed E-state index contributed by atoms with van der Waals surface area (Å²) in [4.78, 5) is 40.2. The first-order valence-electron chi connectivity index (χ1n) is 12.3. The molecule has 0 unspecified atom stereocenters. The Bertz CT molecular complexity index is 1410. The second-order valence-corrected chi connectivity index (χ2v) is 9.94. The highest BCUT2D eigenvalue weighted by molar-refractivity contribution is 8.00. The van der Waals surface area contributed by atoms with Crippen molar-refractivity contribution in [2.24, 2.45) is 0 Å². The highest BCUT2D eigenvalue weighted by Crippen LogP contribution is 2.38. The zero-order chi connectivity index (χ0) is 26.3. The van der Waals surface area contributed by atoms with E-state index in [1.165, 1.54) is 5.56 Å². The third-order valence-electron chi connectivity index (χ3n) is 6.33. The number of nitrogens with one attached hydrogen (secondary N) is 2. The van der Waals surface area contributed by atoms with Gasteiger partial charge in [-0.2, -0.15) is 0 Å². The SMILES string of the molecule is O=C(Nc1ccccc1C(=O)NCc1ccco1)c1ccc([C@@H]2SCC(=O)N2CCc2ccccc2)cc1. The topological polar surface area (TPSA) is 91.6 Å². The molecular weight excluding hydrogens is 498 g/mol. The van der Waals surface area contributed by atoms with Gasteiger partial charge in [-0.05, 0) is 53.9 Å². The number of hydrogen-bond donors (Lipinski definition) is 2. The number of furan rings is 1. The zero-order valence-electron chi connectivity index (χ0n) is 20.6. The maximum atomic E-state index is 13.0. The van der Waals surface area contributed by atoms with Gasteiger partial charge >= 0.3 is 0 Å². The molecule has 1 saturated heterocycles. The van der Waals surface area contributed by atoms with E-state index in [1.807, 2.05) is 35.2 Å². The third kappa shape index (κ3) is 5.98. The van der Waals surface area contributed by atoms with E-state index in [2.05, 4.69) is 22.8 Å². The number of carbonyl (C=O) groups is 3. The van der Waals surface area contributed by atoms with Crippen LogP contribution in [0.4, 0.5) is 5.69 Å². The van der Waals surface area contributed by atoms with Crippen molar-refractivity contribution in [3.8, 4) is 0 Å². The number of amides is 3. The number of hydrogen-bond acceptors (Lipinski definition) is 5. The lowest BCUT2D eigenvalue weighted by Crippen LogP contribution is -2.30. The second-order valence-electron chi connectivity index (χ2n) is 8.87. The van der Waals surface area contributed by atoms with Gasteiger partial charge in [0.05, 0.1) is 29.8 Å². The second kappa shape index (κ2) is 11.8. The van der Waals surface area contributed by atoms with Gasteiger partial charge in [0.15, 0.2) is 0 Å². The van der Waals surface area contributed by atoms with E-state index in [0.717, 1.165) is 12.0 Å². The molecule has 3 amide bonds. The van der Waals surface area contributed by atoms with Gasteiger partial charge in [0.2, 0.25) is 5.91 Å². The van der Waals surface area contributed by atoms with Crippen LogP contribution in [0.15, 0.2) is 102 Å². The van der Waals surface area contributed by atoms with E-state index in [-0.39, 0.29) is 29.6 Å². The van der Waals surface area contributed by atoms with Crippen LogP contribution in [0.25, 0.3) is 0 Å². The van der Waals surface area contributed by atoms with Crippen molar-refractivity contribution in [3.63, 3.8) is 0 Å². The lowest BCUT2D eigenvalue weighted by atomic mass is 10.1.